The van der Waals surface area contributed by atoms with E-state index < -0.39 is 6.29 Å². The van der Waals surface area contributed by atoms with Crippen molar-refractivity contribution in [2.45, 2.75) is 64.4 Å². The summed E-state index contributed by atoms with van der Waals surface area (Å²) in [7, 11) is 0. The molecule has 0 radical (unpaired) electrons. The zero-order chi connectivity index (χ0) is 22.5. The van der Waals surface area contributed by atoms with Crippen LogP contribution in [0.5, 0.6) is 0 Å². The molecule has 2 aromatic heterocycles. The van der Waals surface area contributed by atoms with Crippen LogP contribution in [0.2, 0.25) is 0 Å². The van der Waals surface area contributed by atoms with Gasteiger partial charge in [-0.25, -0.2) is 15.0 Å². The normalized spacial score (nSPS) is 19.0. The average molecular weight is 521 g/mol. The van der Waals surface area contributed by atoms with Crippen LogP contribution in [0.15, 0.2) is 28.7 Å². The summed E-state index contributed by atoms with van der Waals surface area (Å²) in [6.07, 6.45) is 3.27. The molecular weight excluding hydrogens is 492 g/mol. The van der Waals surface area contributed by atoms with Gasteiger partial charge in [0.25, 0.3) is 0 Å². The highest BCUT2D eigenvalue weighted by atomic mass is 79.9. The SMILES string of the molecule is CCOC(OCC)c1cc(Cc2nc3ccc(Br)cc3s2)nc(NC2CCC(O)CC2)n1. The third-order valence-electron chi connectivity index (χ3n) is 5.43. The van der Waals surface area contributed by atoms with Gasteiger partial charge < -0.3 is 19.9 Å². The summed E-state index contributed by atoms with van der Waals surface area (Å²) in [6, 6.07) is 8.32. The van der Waals surface area contributed by atoms with Gasteiger partial charge in [0.2, 0.25) is 12.2 Å². The maximum absolute atomic E-state index is 9.81. The van der Waals surface area contributed by atoms with Crippen LogP contribution in [0.25, 0.3) is 10.2 Å². The molecule has 4 rings (SSSR count). The summed E-state index contributed by atoms with van der Waals surface area (Å²) in [5.74, 6) is 0.576. The van der Waals surface area contributed by atoms with Gasteiger partial charge >= 0.3 is 0 Å². The van der Waals surface area contributed by atoms with Crippen LogP contribution in [0.3, 0.4) is 0 Å². The molecule has 1 aromatic carbocycles. The Kier molecular flexibility index (Phi) is 8.07. The number of nitrogens with one attached hydrogen (secondary N) is 1. The number of aliphatic hydroxyl groups excluding tert-OH is 1. The van der Waals surface area contributed by atoms with Gasteiger partial charge in [-0.05, 0) is 63.8 Å². The Morgan fingerprint density at radius 1 is 1.09 bits per heavy atom. The minimum atomic E-state index is -0.535. The van der Waals surface area contributed by atoms with Crippen molar-refractivity contribution in [2.75, 3.05) is 18.5 Å². The van der Waals surface area contributed by atoms with Crippen molar-refractivity contribution >= 4 is 43.4 Å². The number of fused-ring (bicyclic) bond motifs is 1. The predicted octanol–water partition coefficient (Wildman–Crippen LogP) is 5.23. The highest BCUT2D eigenvalue weighted by Crippen LogP contribution is 2.28. The molecule has 0 unspecified atom stereocenters. The van der Waals surface area contributed by atoms with Crippen molar-refractivity contribution in [3.8, 4) is 0 Å². The van der Waals surface area contributed by atoms with Gasteiger partial charge in [-0.15, -0.1) is 11.3 Å². The number of benzene rings is 1. The summed E-state index contributed by atoms with van der Waals surface area (Å²) in [6.45, 7) is 4.94. The molecule has 2 heterocycles. The molecule has 7 nitrogen and oxygen atoms in total. The van der Waals surface area contributed by atoms with Crippen molar-refractivity contribution < 1.29 is 14.6 Å². The van der Waals surface area contributed by atoms with E-state index in [1.54, 1.807) is 11.3 Å². The van der Waals surface area contributed by atoms with E-state index in [1.807, 2.05) is 32.0 Å². The van der Waals surface area contributed by atoms with Gasteiger partial charge in [-0.2, -0.15) is 0 Å². The van der Waals surface area contributed by atoms with E-state index in [2.05, 4.69) is 27.3 Å². The Morgan fingerprint density at radius 3 is 2.56 bits per heavy atom. The number of anilines is 1. The molecule has 0 atom stereocenters. The van der Waals surface area contributed by atoms with Crippen LogP contribution in [-0.2, 0) is 15.9 Å². The van der Waals surface area contributed by atoms with E-state index in [1.165, 1.54) is 0 Å². The van der Waals surface area contributed by atoms with Crippen molar-refractivity contribution in [1.29, 1.82) is 0 Å². The van der Waals surface area contributed by atoms with E-state index in [0.29, 0.717) is 31.3 Å². The first-order valence-corrected chi connectivity index (χ1v) is 12.8. The lowest BCUT2D eigenvalue weighted by Gasteiger charge is -2.26. The van der Waals surface area contributed by atoms with Gasteiger partial charge in [0.05, 0.1) is 27.0 Å². The molecule has 1 aliphatic carbocycles. The van der Waals surface area contributed by atoms with Crippen LogP contribution in [0, 0.1) is 0 Å². The highest BCUT2D eigenvalue weighted by molar-refractivity contribution is 9.10. The molecule has 0 saturated heterocycles. The topological polar surface area (TPSA) is 89.4 Å². The molecular formula is C23H29BrN4O3S. The first kappa shape index (κ1) is 23.5. The fourth-order valence-electron chi connectivity index (χ4n) is 3.90. The number of aromatic nitrogens is 3. The van der Waals surface area contributed by atoms with Crippen molar-refractivity contribution in [3.63, 3.8) is 0 Å². The van der Waals surface area contributed by atoms with Crippen LogP contribution in [0.1, 0.15) is 62.2 Å². The standard InChI is InChI=1S/C23H29BrN4O3S/c1-3-30-22(31-4-2)19-12-16(13-21-27-18-10-5-14(24)11-20(18)32-21)26-23(28-19)25-15-6-8-17(29)9-7-15/h5,10-12,15,17,22,29H,3-4,6-9,13H2,1-2H3,(H,25,26,28). The van der Waals surface area contributed by atoms with Gasteiger partial charge in [0.1, 0.15) is 5.69 Å². The number of thiazole rings is 1. The number of aliphatic hydroxyl groups is 1. The Labute approximate surface area is 200 Å². The quantitative estimate of drug-likeness (QED) is 0.373. The molecule has 172 valence electrons. The molecule has 0 aliphatic heterocycles. The van der Waals surface area contributed by atoms with Crippen LogP contribution in [0.4, 0.5) is 5.95 Å². The molecule has 1 fully saturated rings. The summed E-state index contributed by atoms with van der Waals surface area (Å²) in [5.41, 5.74) is 2.57. The molecule has 1 aliphatic rings. The van der Waals surface area contributed by atoms with Crippen LogP contribution >= 0.6 is 27.3 Å². The monoisotopic (exact) mass is 520 g/mol. The number of nitrogens with zero attached hydrogens (tertiary/aromatic N) is 3. The predicted molar refractivity (Wildman–Crippen MR) is 130 cm³/mol. The first-order chi connectivity index (χ1) is 15.5. The molecule has 9 heteroatoms. The second-order valence-electron chi connectivity index (χ2n) is 7.90. The van der Waals surface area contributed by atoms with Gasteiger partial charge in [-0.3, -0.25) is 0 Å². The Bertz CT molecular complexity index is 1030. The van der Waals surface area contributed by atoms with Gasteiger partial charge in [0.15, 0.2) is 0 Å². The molecule has 32 heavy (non-hydrogen) atoms. The van der Waals surface area contributed by atoms with Gasteiger partial charge in [0, 0.05) is 30.1 Å². The van der Waals surface area contributed by atoms with Crippen LogP contribution in [-0.4, -0.2) is 45.4 Å². The van der Waals surface area contributed by atoms with Crippen molar-refractivity contribution in [1.82, 2.24) is 15.0 Å². The molecule has 0 amide bonds. The number of hydrogen-bond donors (Lipinski definition) is 2. The summed E-state index contributed by atoms with van der Waals surface area (Å²) >= 11 is 5.20. The van der Waals surface area contributed by atoms with Crippen LogP contribution < -0.4 is 5.32 Å². The highest BCUT2D eigenvalue weighted by Gasteiger charge is 2.22. The fourth-order valence-corrected chi connectivity index (χ4v) is 5.43. The zero-order valence-corrected chi connectivity index (χ0v) is 20.8. The maximum atomic E-state index is 9.81. The van der Waals surface area contributed by atoms with E-state index in [0.717, 1.165) is 51.1 Å². The average Bonchev–Trinajstić information content (AvgIpc) is 3.16. The zero-order valence-electron chi connectivity index (χ0n) is 18.4. The smallest absolute Gasteiger partial charge is 0.223 e. The van der Waals surface area contributed by atoms with Gasteiger partial charge in [-0.1, -0.05) is 15.9 Å². The Hall–Kier alpha value is -1.65. The first-order valence-electron chi connectivity index (χ1n) is 11.1. The number of ether oxygens (including phenoxy) is 2. The van der Waals surface area contributed by atoms with E-state index in [-0.39, 0.29) is 12.1 Å². The molecule has 2 N–H and O–H groups in total. The second-order valence-corrected chi connectivity index (χ2v) is 9.93. The largest absolute Gasteiger partial charge is 0.393 e. The third-order valence-corrected chi connectivity index (χ3v) is 6.95. The Balaban J connectivity index is 1.61. The van der Waals surface area contributed by atoms with E-state index in [4.69, 9.17) is 24.4 Å². The molecule has 1 saturated carbocycles. The number of halogens is 1. The maximum Gasteiger partial charge on any atom is 0.223 e. The lowest BCUT2D eigenvalue weighted by Crippen LogP contribution is -2.29. The lowest BCUT2D eigenvalue weighted by molar-refractivity contribution is -0.142. The van der Waals surface area contributed by atoms with Crippen molar-refractivity contribution in [2.24, 2.45) is 0 Å². The number of hydrogen-bond acceptors (Lipinski definition) is 8. The lowest BCUT2D eigenvalue weighted by atomic mass is 9.93. The second kappa shape index (κ2) is 11.0. The van der Waals surface area contributed by atoms with E-state index in [9.17, 15) is 5.11 Å². The third kappa shape index (κ3) is 6.02. The summed E-state index contributed by atoms with van der Waals surface area (Å²) in [4.78, 5) is 14.3. The number of rotatable bonds is 9. The van der Waals surface area contributed by atoms with E-state index >= 15 is 0 Å². The molecule has 3 aromatic rings. The minimum absolute atomic E-state index is 0.199. The fraction of sp³-hybridized carbons (Fsp3) is 0.522. The summed E-state index contributed by atoms with van der Waals surface area (Å²) in [5, 5.41) is 14.3. The Morgan fingerprint density at radius 2 is 1.84 bits per heavy atom. The minimum Gasteiger partial charge on any atom is -0.393 e. The molecule has 0 bridgehead atoms. The molecule has 0 spiro atoms. The van der Waals surface area contributed by atoms with Crippen molar-refractivity contribution in [3.05, 3.63) is 45.1 Å². The summed E-state index contributed by atoms with van der Waals surface area (Å²) < 4.78 is 13.8.